The number of rotatable bonds is 3. The Bertz CT molecular complexity index is 535. The maximum absolute atomic E-state index is 5.94. The summed E-state index contributed by atoms with van der Waals surface area (Å²) in [4.78, 5) is 0. The van der Waals surface area contributed by atoms with Crippen LogP contribution in [-0.2, 0) is 6.42 Å². The van der Waals surface area contributed by atoms with Crippen molar-refractivity contribution in [3.63, 3.8) is 0 Å². The average Bonchev–Trinajstić information content (AvgIpc) is 3.01. The molecule has 3 rings (SSSR count). The number of nitrogens with zero attached hydrogens (tertiary/aromatic N) is 2. The van der Waals surface area contributed by atoms with E-state index in [1.807, 2.05) is 24.3 Å². The summed E-state index contributed by atoms with van der Waals surface area (Å²) in [5.41, 5.74) is 0.862. The molecule has 0 aliphatic carbocycles. The predicted octanol–water partition coefficient (Wildman–Crippen LogP) is 2.68. The number of nitrogens with one attached hydrogen (secondary N) is 1. The molecule has 1 atom stereocenters. The second-order valence-corrected chi connectivity index (χ2v) is 4.95. The molecule has 1 aliphatic rings. The lowest BCUT2D eigenvalue weighted by molar-refractivity contribution is 0.464. The van der Waals surface area contributed by atoms with E-state index in [0.717, 1.165) is 18.5 Å². The fourth-order valence-electron chi connectivity index (χ4n) is 2.22. The van der Waals surface area contributed by atoms with Crippen LogP contribution in [0, 0.1) is 0 Å². The van der Waals surface area contributed by atoms with Crippen molar-refractivity contribution in [2.45, 2.75) is 25.3 Å². The van der Waals surface area contributed by atoms with Crippen LogP contribution >= 0.6 is 11.6 Å². The lowest BCUT2D eigenvalue weighted by Gasteiger charge is -2.04. The molecule has 1 saturated heterocycles. The maximum atomic E-state index is 5.94. The molecule has 1 aromatic heterocycles. The van der Waals surface area contributed by atoms with E-state index in [1.54, 1.807) is 0 Å². The lowest BCUT2D eigenvalue weighted by atomic mass is 10.2. The standard InChI is InChI=1S/C13H14ClN3O/c14-10-4-1-3-9(7-10)13-17-16-12(18-13)8-11-5-2-6-15-11/h1,3-4,7,11,15H,2,5-6,8H2. The highest BCUT2D eigenvalue weighted by Gasteiger charge is 2.18. The van der Waals surface area contributed by atoms with E-state index in [4.69, 9.17) is 16.0 Å². The van der Waals surface area contributed by atoms with Gasteiger partial charge in [-0.3, -0.25) is 0 Å². The topological polar surface area (TPSA) is 51.0 Å². The van der Waals surface area contributed by atoms with Gasteiger partial charge in [0.25, 0.3) is 0 Å². The molecule has 2 heterocycles. The molecular formula is C13H14ClN3O. The molecule has 1 N–H and O–H groups in total. The van der Waals surface area contributed by atoms with Crippen molar-refractivity contribution in [3.05, 3.63) is 35.2 Å². The summed E-state index contributed by atoms with van der Waals surface area (Å²) in [6.07, 6.45) is 3.20. The van der Waals surface area contributed by atoms with Crippen LogP contribution in [0.5, 0.6) is 0 Å². The van der Waals surface area contributed by atoms with Gasteiger partial charge in [0, 0.05) is 23.0 Å². The van der Waals surface area contributed by atoms with Gasteiger partial charge in [-0.2, -0.15) is 0 Å². The molecule has 1 aromatic carbocycles. The third-order valence-electron chi connectivity index (χ3n) is 3.12. The first kappa shape index (κ1) is 11.7. The Morgan fingerprint density at radius 2 is 2.33 bits per heavy atom. The first-order valence-electron chi connectivity index (χ1n) is 6.13. The quantitative estimate of drug-likeness (QED) is 0.925. The van der Waals surface area contributed by atoms with Crippen molar-refractivity contribution in [1.82, 2.24) is 15.5 Å². The minimum absolute atomic E-state index is 0.470. The molecule has 0 bridgehead atoms. The van der Waals surface area contributed by atoms with Crippen LogP contribution in [-0.4, -0.2) is 22.8 Å². The van der Waals surface area contributed by atoms with Crippen LogP contribution in [0.15, 0.2) is 28.7 Å². The Morgan fingerprint density at radius 3 is 3.11 bits per heavy atom. The van der Waals surface area contributed by atoms with Crippen molar-refractivity contribution in [2.24, 2.45) is 0 Å². The van der Waals surface area contributed by atoms with Gasteiger partial charge in [-0.05, 0) is 37.6 Å². The Morgan fingerprint density at radius 1 is 1.39 bits per heavy atom. The maximum Gasteiger partial charge on any atom is 0.247 e. The van der Waals surface area contributed by atoms with Crippen LogP contribution < -0.4 is 5.32 Å². The monoisotopic (exact) mass is 263 g/mol. The van der Waals surface area contributed by atoms with E-state index in [-0.39, 0.29) is 0 Å². The third-order valence-corrected chi connectivity index (χ3v) is 3.36. The Labute approximate surface area is 110 Å². The summed E-state index contributed by atoms with van der Waals surface area (Å²) in [6.45, 7) is 1.08. The average molecular weight is 264 g/mol. The van der Waals surface area contributed by atoms with Gasteiger partial charge in [0.05, 0.1) is 0 Å². The van der Waals surface area contributed by atoms with Crippen LogP contribution in [0.3, 0.4) is 0 Å². The molecule has 94 valence electrons. The summed E-state index contributed by atoms with van der Waals surface area (Å²) in [7, 11) is 0. The highest BCUT2D eigenvalue weighted by atomic mass is 35.5. The van der Waals surface area contributed by atoms with Crippen LogP contribution in [0.1, 0.15) is 18.7 Å². The zero-order chi connectivity index (χ0) is 12.4. The first-order chi connectivity index (χ1) is 8.81. The van der Waals surface area contributed by atoms with Crippen molar-refractivity contribution in [1.29, 1.82) is 0 Å². The van der Waals surface area contributed by atoms with Gasteiger partial charge in [0.15, 0.2) is 0 Å². The van der Waals surface area contributed by atoms with E-state index in [0.29, 0.717) is 22.8 Å². The molecule has 5 heteroatoms. The molecule has 2 aromatic rings. The summed E-state index contributed by atoms with van der Waals surface area (Å²) < 4.78 is 5.67. The number of halogens is 1. The number of hydrogen-bond donors (Lipinski definition) is 1. The fourth-order valence-corrected chi connectivity index (χ4v) is 2.41. The van der Waals surface area contributed by atoms with E-state index in [2.05, 4.69) is 15.5 Å². The highest BCUT2D eigenvalue weighted by molar-refractivity contribution is 6.30. The summed E-state index contributed by atoms with van der Waals surface area (Å²) in [5.74, 6) is 1.22. The van der Waals surface area contributed by atoms with E-state index in [9.17, 15) is 0 Å². The second kappa shape index (κ2) is 5.08. The largest absolute Gasteiger partial charge is 0.421 e. The minimum atomic E-state index is 0.470. The van der Waals surface area contributed by atoms with Crippen LogP contribution in [0.4, 0.5) is 0 Å². The number of aromatic nitrogens is 2. The molecule has 0 amide bonds. The summed E-state index contributed by atoms with van der Waals surface area (Å²) >= 11 is 5.94. The smallest absolute Gasteiger partial charge is 0.247 e. The van der Waals surface area contributed by atoms with Gasteiger partial charge >= 0.3 is 0 Å². The molecule has 0 spiro atoms. The van der Waals surface area contributed by atoms with Gasteiger partial charge in [-0.15, -0.1) is 10.2 Å². The van der Waals surface area contributed by atoms with E-state index >= 15 is 0 Å². The molecule has 1 aliphatic heterocycles. The van der Waals surface area contributed by atoms with Gasteiger partial charge in [-0.25, -0.2) is 0 Å². The second-order valence-electron chi connectivity index (χ2n) is 4.51. The van der Waals surface area contributed by atoms with E-state index < -0.39 is 0 Å². The van der Waals surface area contributed by atoms with Crippen molar-refractivity contribution in [3.8, 4) is 11.5 Å². The van der Waals surface area contributed by atoms with Crippen LogP contribution in [0.25, 0.3) is 11.5 Å². The normalized spacial score (nSPS) is 19.3. The molecule has 1 unspecified atom stereocenters. The number of hydrogen-bond acceptors (Lipinski definition) is 4. The summed E-state index contributed by atoms with van der Waals surface area (Å²) in [5, 5.41) is 12.2. The third kappa shape index (κ3) is 2.54. The summed E-state index contributed by atoms with van der Waals surface area (Å²) in [6, 6.07) is 7.91. The predicted molar refractivity (Wildman–Crippen MR) is 69.5 cm³/mol. The van der Waals surface area contributed by atoms with Crippen LogP contribution in [0.2, 0.25) is 5.02 Å². The molecule has 18 heavy (non-hydrogen) atoms. The Hall–Kier alpha value is -1.39. The molecule has 1 fully saturated rings. The minimum Gasteiger partial charge on any atom is -0.421 e. The fraction of sp³-hybridized carbons (Fsp3) is 0.385. The molecule has 0 saturated carbocycles. The zero-order valence-corrected chi connectivity index (χ0v) is 10.7. The SMILES string of the molecule is Clc1cccc(-c2nnc(CC3CCCN3)o2)c1. The van der Waals surface area contributed by atoms with Crippen molar-refractivity contribution in [2.75, 3.05) is 6.54 Å². The lowest BCUT2D eigenvalue weighted by Crippen LogP contribution is -2.23. The highest BCUT2D eigenvalue weighted by Crippen LogP contribution is 2.22. The first-order valence-corrected chi connectivity index (χ1v) is 6.51. The van der Waals surface area contributed by atoms with Gasteiger partial charge in [-0.1, -0.05) is 17.7 Å². The van der Waals surface area contributed by atoms with Gasteiger partial charge in [0.2, 0.25) is 11.8 Å². The van der Waals surface area contributed by atoms with E-state index in [1.165, 1.54) is 12.8 Å². The van der Waals surface area contributed by atoms with Crippen molar-refractivity contribution >= 4 is 11.6 Å². The molecule has 0 radical (unpaired) electrons. The van der Waals surface area contributed by atoms with Gasteiger partial charge < -0.3 is 9.73 Å². The van der Waals surface area contributed by atoms with Gasteiger partial charge in [0.1, 0.15) is 0 Å². The van der Waals surface area contributed by atoms with Crippen molar-refractivity contribution < 1.29 is 4.42 Å². The molecule has 4 nitrogen and oxygen atoms in total. The Kier molecular flexibility index (Phi) is 3.30. The molecular weight excluding hydrogens is 250 g/mol. The Balaban J connectivity index is 1.76. The number of benzene rings is 1. The zero-order valence-electron chi connectivity index (χ0n) is 9.90.